The molecule has 7 heteroatoms. The van der Waals surface area contributed by atoms with Crippen LogP contribution in [0.4, 0.5) is 5.69 Å². The number of thioether (sulfide) groups is 1. The fraction of sp³-hybridized carbons (Fsp3) is 0.579. The maximum atomic E-state index is 12.9. The first-order valence-electron chi connectivity index (χ1n) is 9.14. The fourth-order valence-electron chi connectivity index (χ4n) is 3.26. The average Bonchev–Trinajstić information content (AvgIpc) is 2.80. The average molecular weight is 378 g/mol. The lowest BCUT2D eigenvalue weighted by atomic mass is 10.2. The fourth-order valence-corrected chi connectivity index (χ4v) is 4.37. The van der Waals surface area contributed by atoms with E-state index in [4.69, 9.17) is 4.74 Å². The maximum absolute atomic E-state index is 12.9. The Balaban J connectivity index is 1.61. The highest BCUT2D eigenvalue weighted by Gasteiger charge is 2.26. The Kier molecular flexibility index (Phi) is 6.56. The molecule has 142 valence electrons. The zero-order chi connectivity index (χ0) is 18.5. The Morgan fingerprint density at radius 3 is 2.62 bits per heavy atom. The molecule has 1 saturated heterocycles. The van der Waals surface area contributed by atoms with Gasteiger partial charge in [0.15, 0.2) is 0 Å². The van der Waals surface area contributed by atoms with Crippen LogP contribution in [0.1, 0.15) is 13.3 Å². The molecule has 0 saturated carbocycles. The van der Waals surface area contributed by atoms with Crippen LogP contribution in [0.5, 0.6) is 0 Å². The van der Waals surface area contributed by atoms with E-state index >= 15 is 0 Å². The van der Waals surface area contributed by atoms with Gasteiger partial charge in [0.1, 0.15) is 0 Å². The molecule has 1 atom stereocenters. The molecule has 3 rings (SSSR count). The molecule has 0 unspecified atom stereocenters. The summed E-state index contributed by atoms with van der Waals surface area (Å²) in [6.07, 6.45) is 0.960. The van der Waals surface area contributed by atoms with Crippen LogP contribution in [0.2, 0.25) is 0 Å². The van der Waals surface area contributed by atoms with Gasteiger partial charge in [0, 0.05) is 29.8 Å². The lowest BCUT2D eigenvalue weighted by molar-refractivity contribution is -0.136. The normalized spacial score (nSPS) is 20.7. The predicted octanol–water partition coefficient (Wildman–Crippen LogP) is 1.69. The minimum Gasteiger partial charge on any atom is -0.378 e. The highest BCUT2D eigenvalue weighted by atomic mass is 32.2. The minimum absolute atomic E-state index is 0.0458. The van der Waals surface area contributed by atoms with Crippen molar-refractivity contribution in [3.63, 3.8) is 0 Å². The van der Waals surface area contributed by atoms with Crippen molar-refractivity contribution in [2.75, 3.05) is 57.9 Å². The highest BCUT2D eigenvalue weighted by Crippen LogP contribution is 2.37. The molecule has 0 radical (unpaired) electrons. The van der Waals surface area contributed by atoms with Crippen LogP contribution in [0, 0.1) is 0 Å². The number of carbonyl (C=O) groups is 2. The van der Waals surface area contributed by atoms with E-state index in [0.717, 1.165) is 23.5 Å². The molecule has 2 aliphatic heterocycles. The van der Waals surface area contributed by atoms with Crippen LogP contribution in [0.3, 0.4) is 0 Å². The summed E-state index contributed by atoms with van der Waals surface area (Å²) >= 11 is 1.82. The number of fused-ring (bicyclic) bond motifs is 1. The summed E-state index contributed by atoms with van der Waals surface area (Å²) in [5.41, 5.74) is 0.986. The smallest absolute Gasteiger partial charge is 0.241 e. The van der Waals surface area contributed by atoms with Crippen LogP contribution in [0.25, 0.3) is 0 Å². The summed E-state index contributed by atoms with van der Waals surface area (Å²) in [7, 11) is 1.83. The van der Waals surface area contributed by atoms with E-state index in [2.05, 4.69) is 13.0 Å². The Labute approximate surface area is 159 Å². The van der Waals surface area contributed by atoms with Gasteiger partial charge in [-0.15, -0.1) is 11.8 Å². The van der Waals surface area contributed by atoms with Crippen molar-refractivity contribution in [2.45, 2.75) is 23.5 Å². The van der Waals surface area contributed by atoms with Gasteiger partial charge in [0.05, 0.1) is 32.0 Å². The third-order valence-corrected chi connectivity index (χ3v) is 5.96. The van der Waals surface area contributed by atoms with Crippen molar-refractivity contribution in [3.8, 4) is 0 Å². The Hall–Kier alpha value is -1.57. The predicted molar refractivity (Wildman–Crippen MR) is 104 cm³/mol. The largest absolute Gasteiger partial charge is 0.378 e. The number of para-hydroxylation sites is 1. The Bertz CT molecular complexity index is 649. The van der Waals surface area contributed by atoms with Crippen molar-refractivity contribution < 1.29 is 14.3 Å². The summed E-state index contributed by atoms with van der Waals surface area (Å²) in [5, 5.41) is 0.481. The van der Waals surface area contributed by atoms with Gasteiger partial charge in [-0.05, 0) is 25.6 Å². The molecule has 0 bridgehead atoms. The SMILES string of the molecule is C[C@H]1CCN(C(=O)CN(C)CC(=O)N2CCOCC2)c2ccccc2S1. The van der Waals surface area contributed by atoms with Crippen LogP contribution in [-0.2, 0) is 14.3 Å². The van der Waals surface area contributed by atoms with Gasteiger partial charge in [-0.1, -0.05) is 19.1 Å². The van der Waals surface area contributed by atoms with Crippen molar-refractivity contribution in [3.05, 3.63) is 24.3 Å². The zero-order valence-corrected chi connectivity index (χ0v) is 16.3. The summed E-state index contributed by atoms with van der Waals surface area (Å²) in [6.45, 7) is 5.86. The minimum atomic E-state index is 0.0458. The van der Waals surface area contributed by atoms with Gasteiger partial charge < -0.3 is 14.5 Å². The number of hydrogen-bond acceptors (Lipinski definition) is 5. The van der Waals surface area contributed by atoms with E-state index in [-0.39, 0.29) is 24.9 Å². The summed E-state index contributed by atoms with van der Waals surface area (Å²) in [6, 6.07) is 8.08. The summed E-state index contributed by atoms with van der Waals surface area (Å²) in [4.78, 5) is 31.9. The van der Waals surface area contributed by atoms with E-state index in [1.54, 1.807) is 0 Å². The topological polar surface area (TPSA) is 53.1 Å². The molecule has 2 heterocycles. The lowest BCUT2D eigenvalue weighted by Crippen LogP contribution is -2.47. The van der Waals surface area contributed by atoms with Crippen molar-refractivity contribution in [1.29, 1.82) is 0 Å². The van der Waals surface area contributed by atoms with E-state index in [9.17, 15) is 9.59 Å². The first-order valence-corrected chi connectivity index (χ1v) is 10.0. The zero-order valence-electron chi connectivity index (χ0n) is 15.5. The third-order valence-electron chi connectivity index (χ3n) is 4.72. The van der Waals surface area contributed by atoms with Crippen LogP contribution >= 0.6 is 11.8 Å². The lowest BCUT2D eigenvalue weighted by Gasteiger charge is -2.29. The number of likely N-dealkylation sites (N-methyl/N-ethyl adjacent to an activating group) is 1. The number of morpholine rings is 1. The van der Waals surface area contributed by atoms with Gasteiger partial charge in [-0.3, -0.25) is 14.5 Å². The molecule has 2 amide bonds. The monoisotopic (exact) mass is 377 g/mol. The number of benzene rings is 1. The van der Waals surface area contributed by atoms with Crippen molar-refractivity contribution >= 4 is 29.3 Å². The van der Waals surface area contributed by atoms with Crippen LogP contribution in [0.15, 0.2) is 29.2 Å². The molecule has 26 heavy (non-hydrogen) atoms. The number of anilines is 1. The molecule has 0 spiro atoms. The van der Waals surface area contributed by atoms with Gasteiger partial charge in [0.25, 0.3) is 0 Å². The van der Waals surface area contributed by atoms with Crippen LogP contribution < -0.4 is 4.90 Å². The van der Waals surface area contributed by atoms with E-state index in [0.29, 0.717) is 31.6 Å². The first kappa shape index (κ1) is 19.2. The second-order valence-corrected chi connectivity index (χ2v) is 8.38. The molecular formula is C19H27N3O3S. The third kappa shape index (κ3) is 4.78. The molecule has 0 aromatic heterocycles. The second kappa shape index (κ2) is 8.88. The molecule has 1 fully saturated rings. The van der Waals surface area contributed by atoms with E-state index < -0.39 is 0 Å². The number of hydrogen-bond donors (Lipinski definition) is 0. The van der Waals surface area contributed by atoms with Crippen LogP contribution in [-0.4, -0.2) is 79.8 Å². The molecule has 0 N–H and O–H groups in total. The molecule has 2 aliphatic rings. The highest BCUT2D eigenvalue weighted by molar-refractivity contribution is 8.00. The number of amides is 2. The molecule has 1 aromatic carbocycles. The van der Waals surface area contributed by atoms with Gasteiger partial charge in [-0.25, -0.2) is 0 Å². The number of carbonyl (C=O) groups excluding carboxylic acids is 2. The molecular weight excluding hydrogens is 350 g/mol. The van der Waals surface area contributed by atoms with Gasteiger partial charge in [-0.2, -0.15) is 0 Å². The first-order chi connectivity index (χ1) is 12.5. The second-order valence-electron chi connectivity index (χ2n) is 6.90. The van der Waals surface area contributed by atoms with Gasteiger partial charge in [0.2, 0.25) is 11.8 Å². The Morgan fingerprint density at radius 2 is 1.85 bits per heavy atom. The maximum Gasteiger partial charge on any atom is 0.241 e. The molecule has 6 nitrogen and oxygen atoms in total. The van der Waals surface area contributed by atoms with Crippen molar-refractivity contribution in [2.24, 2.45) is 0 Å². The molecule has 1 aromatic rings. The Morgan fingerprint density at radius 1 is 1.15 bits per heavy atom. The number of ether oxygens (including phenoxy) is 1. The molecule has 0 aliphatic carbocycles. The summed E-state index contributed by atoms with van der Waals surface area (Å²) < 4.78 is 5.28. The van der Waals surface area contributed by atoms with Gasteiger partial charge >= 0.3 is 0 Å². The number of rotatable bonds is 4. The van der Waals surface area contributed by atoms with E-state index in [1.807, 2.05) is 51.7 Å². The standard InChI is InChI=1S/C19H27N3O3S/c1-15-7-8-22(16-5-3-4-6-17(16)26-15)19(24)14-20(2)13-18(23)21-9-11-25-12-10-21/h3-6,15H,7-14H2,1-2H3/t15-/m0/s1. The quantitative estimate of drug-likeness (QED) is 0.799. The number of nitrogens with zero attached hydrogens (tertiary/aromatic N) is 3. The van der Waals surface area contributed by atoms with Crippen molar-refractivity contribution in [1.82, 2.24) is 9.80 Å². The van der Waals surface area contributed by atoms with E-state index in [1.165, 1.54) is 0 Å². The summed E-state index contributed by atoms with van der Waals surface area (Å²) in [5.74, 6) is 0.105.